The highest BCUT2D eigenvalue weighted by atomic mass is 35.5. The van der Waals surface area contributed by atoms with Gasteiger partial charge in [0, 0.05) is 18.0 Å². The molecule has 3 rings (SSSR count). The first-order valence-corrected chi connectivity index (χ1v) is 11.0. The number of nitrogen functional groups attached to an aromatic ring is 1. The Balaban J connectivity index is 2.12. The summed E-state index contributed by atoms with van der Waals surface area (Å²) < 4.78 is 68.0. The van der Waals surface area contributed by atoms with Crippen LogP contribution in [0, 0.1) is 6.92 Å². The van der Waals surface area contributed by atoms with Crippen LogP contribution in [0.5, 0.6) is 0 Å². The third-order valence-corrected chi connectivity index (χ3v) is 5.95. The maximum absolute atomic E-state index is 13.3. The highest BCUT2D eigenvalue weighted by molar-refractivity contribution is 7.92. The molecule has 0 saturated carbocycles. The molecule has 1 aromatic carbocycles. The highest BCUT2D eigenvalue weighted by Crippen LogP contribution is 2.34. The third-order valence-electron chi connectivity index (χ3n) is 4.38. The van der Waals surface area contributed by atoms with Crippen LogP contribution in [-0.4, -0.2) is 31.2 Å². The second-order valence-electron chi connectivity index (χ2n) is 6.72. The summed E-state index contributed by atoms with van der Waals surface area (Å²) in [6.07, 6.45) is -2.07. The van der Waals surface area contributed by atoms with Gasteiger partial charge in [-0.25, -0.2) is 13.4 Å². The van der Waals surface area contributed by atoms with Crippen molar-refractivity contribution in [2.45, 2.75) is 18.0 Å². The maximum atomic E-state index is 13.3. The van der Waals surface area contributed by atoms with Crippen molar-refractivity contribution >= 4 is 38.8 Å². The average Bonchev–Trinajstić information content (AvgIpc) is 2.71. The first-order chi connectivity index (χ1) is 15.4. The monoisotopic (exact) mass is 499 g/mol. The van der Waals surface area contributed by atoms with Gasteiger partial charge in [-0.3, -0.25) is 9.71 Å². The molecule has 2 aromatic heterocycles. The number of aromatic nitrogens is 2. The molecule has 0 radical (unpaired) electrons. The largest absolute Gasteiger partial charge is 0.416 e. The van der Waals surface area contributed by atoms with Crippen molar-refractivity contribution in [3.63, 3.8) is 0 Å². The van der Waals surface area contributed by atoms with Gasteiger partial charge in [-0.05, 0) is 42.8 Å². The van der Waals surface area contributed by atoms with Crippen molar-refractivity contribution in [2.24, 2.45) is 5.16 Å². The minimum atomic E-state index is -4.72. The molecular weight excluding hydrogens is 483 g/mol. The van der Waals surface area contributed by atoms with Crippen LogP contribution in [0.15, 0.2) is 58.8 Å². The topological polar surface area (TPSA) is 120 Å². The fourth-order valence-corrected chi connectivity index (χ4v) is 4.14. The number of rotatable bonds is 6. The van der Waals surface area contributed by atoms with Crippen LogP contribution < -0.4 is 10.5 Å². The second kappa shape index (κ2) is 9.24. The molecule has 0 aliphatic rings. The smallest absolute Gasteiger partial charge is 0.399 e. The molecule has 3 aromatic rings. The van der Waals surface area contributed by atoms with Crippen molar-refractivity contribution in [1.82, 2.24) is 9.97 Å². The van der Waals surface area contributed by atoms with Crippen LogP contribution in [0.4, 0.5) is 24.7 Å². The molecule has 0 spiro atoms. The van der Waals surface area contributed by atoms with Crippen molar-refractivity contribution in [1.29, 1.82) is 0 Å². The van der Waals surface area contributed by atoms with Gasteiger partial charge in [-0.2, -0.15) is 13.2 Å². The Hall–Kier alpha value is -3.38. The van der Waals surface area contributed by atoms with Gasteiger partial charge in [0.15, 0.2) is 0 Å². The Labute approximate surface area is 192 Å². The van der Waals surface area contributed by atoms with E-state index in [-0.39, 0.29) is 33.5 Å². The Morgan fingerprint density at radius 3 is 2.55 bits per heavy atom. The number of sulfonamides is 1. The number of nitrogens with one attached hydrogen (secondary N) is 1. The Kier molecular flexibility index (Phi) is 6.79. The van der Waals surface area contributed by atoms with Crippen molar-refractivity contribution in [3.05, 3.63) is 76.2 Å². The summed E-state index contributed by atoms with van der Waals surface area (Å²) in [4.78, 5) is 12.3. The Morgan fingerprint density at radius 1 is 1.18 bits per heavy atom. The summed E-state index contributed by atoms with van der Waals surface area (Å²) in [5.41, 5.74) is 4.88. The Morgan fingerprint density at radius 2 is 1.91 bits per heavy atom. The van der Waals surface area contributed by atoms with Crippen LogP contribution in [0.2, 0.25) is 5.02 Å². The Bertz CT molecular complexity index is 1330. The number of hydrogen-bond acceptors (Lipinski definition) is 7. The molecule has 0 saturated heterocycles. The van der Waals surface area contributed by atoms with E-state index in [9.17, 15) is 21.6 Å². The number of nitrogens with two attached hydrogens (primary N) is 1. The molecule has 0 amide bonds. The van der Waals surface area contributed by atoms with Gasteiger partial charge in [0.05, 0.1) is 21.2 Å². The lowest BCUT2D eigenvalue weighted by atomic mass is 10.1. The molecule has 33 heavy (non-hydrogen) atoms. The molecule has 0 aliphatic heterocycles. The zero-order chi connectivity index (χ0) is 24.4. The number of oxime groups is 1. The molecule has 174 valence electrons. The first-order valence-electron chi connectivity index (χ1n) is 9.12. The van der Waals surface area contributed by atoms with Gasteiger partial charge in [-0.15, -0.1) is 0 Å². The summed E-state index contributed by atoms with van der Waals surface area (Å²) in [5, 5.41) is 3.97. The number of alkyl halides is 3. The van der Waals surface area contributed by atoms with E-state index >= 15 is 0 Å². The van der Waals surface area contributed by atoms with E-state index in [1.807, 2.05) is 0 Å². The quantitative estimate of drug-likeness (QED) is 0.387. The molecular formula is C20H17ClF3N5O3S. The third kappa shape index (κ3) is 5.52. The van der Waals surface area contributed by atoms with E-state index in [4.69, 9.17) is 22.2 Å². The number of nitrogens with zero attached hydrogens (tertiary/aromatic N) is 3. The molecule has 0 unspecified atom stereocenters. The normalized spacial score (nSPS) is 12.5. The van der Waals surface area contributed by atoms with Gasteiger partial charge in [-0.1, -0.05) is 22.8 Å². The van der Waals surface area contributed by atoms with Gasteiger partial charge in [0.2, 0.25) is 0 Å². The fraction of sp³-hybridized carbons (Fsp3) is 0.150. The minimum absolute atomic E-state index is 0.00131. The van der Waals surface area contributed by atoms with E-state index in [0.29, 0.717) is 11.6 Å². The number of anilines is 2. The fourth-order valence-electron chi connectivity index (χ4n) is 2.90. The predicted molar refractivity (Wildman–Crippen MR) is 118 cm³/mol. The molecule has 0 atom stereocenters. The summed E-state index contributed by atoms with van der Waals surface area (Å²) in [6.45, 7) is 1.24. The molecule has 0 fully saturated rings. The summed E-state index contributed by atoms with van der Waals surface area (Å²) in [7, 11) is -3.20. The van der Waals surface area contributed by atoms with Crippen LogP contribution >= 0.6 is 11.6 Å². The molecule has 8 nitrogen and oxygen atoms in total. The molecule has 13 heteroatoms. The zero-order valence-corrected chi connectivity index (χ0v) is 18.8. The number of hydrogen-bond donors (Lipinski definition) is 2. The van der Waals surface area contributed by atoms with E-state index in [2.05, 4.69) is 19.8 Å². The lowest BCUT2D eigenvalue weighted by molar-refractivity contribution is -0.138. The van der Waals surface area contributed by atoms with Gasteiger partial charge in [0.25, 0.3) is 10.0 Å². The van der Waals surface area contributed by atoms with Crippen LogP contribution in [0.25, 0.3) is 0 Å². The van der Waals surface area contributed by atoms with Crippen LogP contribution in [-0.2, 0) is 21.0 Å². The average molecular weight is 500 g/mol. The number of benzene rings is 1. The summed E-state index contributed by atoms with van der Waals surface area (Å²) >= 11 is 6.00. The lowest BCUT2D eigenvalue weighted by Gasteiger charge is -2.16. The van der Waals surface area contributed by atoms with Crippen LogP contribution in [0.1, 0.15) is 22.4 Å². The van der Waals surface area contributed by atoms with Crippen molar-refractivity contribution in [3.8, 4) is 0 Å². The van der Waals surface area contributed by atoms with E-state index in [1.54, 1.807) is 6.07 Å². The maximum Gasteiger partial charge on any atom is 0.416 e. The first kappa shape index (κ1) is 24.3. The summed E-state index contributed by atoms with van der Waals surface area (Å²) in [5.74, 6) is 0.159. The molecule has 0 aliphatic carbocycles. The van der Waals surface area contributed by atoms with Gasteiger partial charge in [0.1, 0.15) is 24.3 Å². The van der Waals surface area contributed by atoms with Crippen molar-refractivity contribution < 1.29 is 26.4 Å². The number of halogens is 4. The van der Waals surface area contributed by atoms with Gasteiger partial charge < -0.3 is 10.6 Å². The zero-order valence-electron chi connectivity index (χ0n) is 17.2. The highest BCUT2D eigenvalue weighted by Gasteiger charge is 2.34. The SMILES string of the molecule is CO/N=C(/c1ccnc(N)c1)c1ncc(Cl)cc1NS(=O)(=O)c1ccc(C)c(C(F)(F)F)c1. The second-order valence-corrected chi connectivity index (χ2v) is 8.84. The number of aryl methyl sites for hydroxylation is 1. The molecule has 0 bridgehead atoms. The molecule has 3 N–H and O–H groups in total. The summed E-state index contributed by atoms with van der Waals surface area (Å²) in [6, 6.07) is 6.95. The van der Waals surface area contributed by atoms with Crippen molar-refractivity contribution in [2.75, 3.05) is 17.6 Å². The van der Waals surface area contributed by atoms with E-state index in [0.717, 1.165) is 12.1 Å². The lowest BCUT2D eigenvalue weighted by Crippen LogP contribution is -2.19. The minimum Gasteiger partial charge on any atom is -0.399 e. The van der Waals surface area contributed by atoms with Gasteiger partial charge >= 0.3 is 6.18 Å². The van der Waals surface area contributed by atoms with E-state index in [1.165, 1.54) is 38.6 Å². The van der Waals surface area contributed by atoms with E-state index < -0.39 is 26.7 Å². The standard InChI is InChI=1S/C20H17ClF3N5O3S/c1-11-3-4-14(9-15(11)20(22,23)24)33(30,31)29-16-8-13(21)10-27-19(16)18(28-32-2)12-5-6-26-17(25)7-12/h3-10,29H,1-2H3,(H2,25,26)/b28-18-. The molecule has 2 heterocycles. The van der Waals surface area contributed by atoms with Crippen LogP contribution in [0.3, 0.4) is 0 Å². The number of pyridine rings is 2. The predicted octanol–water partition coefficient (Wildman–Crippen LogP) is 4.24.